The van der Waals surface area contributed by atoms with Gasteiger partial charge in [0.05, 0.1) is 18.9 Å². The van der Waals surface area contributed by atoms with Crippen molar-refractivity contribution in [2.45, 2.75) is 25.3 Å². The van der Waals surface area contributed by atoms with E-state index in [0.29, 0.717) is 40.3 Å². The predicted molar refractivity (Wildman–Crippen MR) is 97.6 cm³/mol. The molecule has 0 aliphatic carbocycles. The molecule has 0 unspecified atom stereocenters. The molecule has 26 heavy (non-hydrogen) atoms. The van der Waals surface area contributed by atoms with Crippen LogP contribution in [0.15, 0.2) is 35.4 Å². The molecule has 0 aliphatic rings. The fraction of sp³-hybridized carbons (Fsp3) is 0.294. The normalized spacial score (nSPS) is 11.7. The van der Waals surface area contributed by atoms with Crippen molar-refractivity contribution in [1.82, 2.24) is 14.8 Å². The average Bonchev–Trinajstić information content (AvgIpc) is 2.90. The van der Waals surface area contributed by atoms with Gasteiger partial charge in [0.1, 0.15) is 10.6 Å². The van der Waals surface area contributed by atoms with E-state index in [9.17, 15) is 13.5 Å². The van der Waals surface area contributed by atoms with Gasteiger partial charge in [-0.05, 0) is 38.1 Å². The molecule has 0 saturated heterocycles. The smallest absolute Gasteiger partial charge is 0.263 e. The van der Waals surface area contributed by atoms with Crippen LogP contribution in [0.2, 0.25) is 0 Å². The first kappa shape index (κ1) is 18.2. The van der Waals surface area contributed by atoms with E-state index in [0.717, 1.165) is 0 Å². The number of anilines is 1. The van der Waals surface area contributed by atoms with Crippen molar-refractivity contribution in [3.8, 4) is 5.75 Å². The van der Waals surface area contributed by atoms with Crippen molar-refractivity contribution in [3.05, 3.63) is 41.7 Å². The van der Waals surface area contributed by atoms with Crippen LogP contribution in [-0.4, -0.2) is 34.9 Å². The second-order valence-corrected chi connectivity index (χ2v) is 7.45. The van der Waals surface area contributed by atoms with E-state index in [-0.39, 0.29) is 11.5 Å². The van der Waals surface area contributed by atoms with E-state index in [1.807, 2.05) is 6.92 Å². The number of aryl methyl sites for hydroxylation is 2. The highest BCUT2D eigenvalue weighted by Gasteiger charge is 2.18. The molecule has 138 valence electrons. The van der Waals surface area contributed by atoms with Crippen LogP contribution in [0.25, 0.3) is 11.0 Å². The number of fused-ring (bicyclic) bond motifs is 1. The summed E-state index contributed by atoms with van der Waals surface area (Å²) >= 11 is 0. The molecule has 0 saturated carbocycles. The zero-order valence-corrected chi connectivity index (χ0v) is 15.5. The van der Waals surface area contributed by atoms with E-state index in [2.05, 4.69) is 14.8 Å². The predicted octanol–water partition coefficient (Wildman–Crippen LogP) is 1.97. The number of aromatic nitrogens is 3. The van der Waals surface area contributed by atoms with Crippen LogP contribution in [0, 0.1) is 6.92 Å². The number of nitrogens with zero attached hydrogens (tertiary/aromatic N) is 3. The van der Waals surface area contributed by atoms with Gasteiger partial charge in [0.15, 0.2) is 5.65 Å². The van der Waals surface area contributed by atoms with Crippen molar-refractivity contribution in [2.75, 3.05) is 11.3 Å². The van der Waals surface area contributed by atoms with Gasteiger partial charge in [0.25, 0.3) is 10.0 Å². The maximum absolute atomic E-state index is 12.7. The third-order valence-electron chi connectivity index (χ3n) is 3.93. The van der Waals surface area contributed by atoms with Crippen molar-refractivity contribution < 1.29 is 18.3 Å². The molecular weight excluding hydrogens is 356 g/mol. The molecule has 9 heteroatoms. The number of benzene rings is 1. The molecule has 0 fully saturated rings. The Kier molecular flexibility index (Phi) is 4.84. The minimum atomic E-state index is -3.83. The Labute approximate surface area is 151 Å². The number of nitrogens with one attached hydrogen (secondary N) is 1. The first-order valence-corrected chi connectivity index (χ1v) is 9.52. The molecule has 3 rings (SSSR count). The van der Waals surface area contributed by atoms with Crippen LogP contribution in [-0.2, 0) is 23.7 Å². The van der Waals surface area contributed by atoms with Crippen LogP contribution in [0.3, 0.4) is 0 Å². The van der Waals surface area contributed by atoms with Crippen LogP contribution >= 0.6 is 0 Å². The zero-order chi connectivity index (χ0) is 18.9. The van der Waals surface area contributed by atoms with Gasteiger partial charge in [-0.15, -0.1) is 0 Å². The summed E-state index contributed by atoms with van der Waals surface area (Å²) in [6.07, 6.45) is 1.30. The fourth-order valence-corrected chi connectivity index (χ4v) is 3.73. The molecule has 0 amide bonds. The lowest BCUT2D eigenvalue weighted by atomic mass is 10.2. The van der Waals surface area contributed by atoms with Gasteiger partial charge < -0.3 is 9.84 Å². The maximum Gasteiger partial charge on any atom is 0.263 e. The van der Waals surface area contributed by atoms with E-state index < -0.39 is 10.0 Å². The standard InChI is InChI=1S/C17H20N4O4S/c1-4-25-16-6-5-13(7-12(16)10-22)20-26(23,24)14-8-15-11(2)19-21(3)17(15)18-9-14/h5-9,20,22H,4,10H2,1-3H3. The first-order valence-electron chi connectivity index (χ1n) is 8.04. The number of aliphatic hydroxyl groups excluding tert-OH is 1. The summed E-state index contributed by atoms with van der Waals surface area (Å²) in [5.41, 5.74) is 2.16. The van der Waals surface area contributed by atoms with Gasteiger partial charge in [-0.25, -0.2) is 13.4 Å². The molecule has 0 spiro atoms. The summed E-state index contributed by atoms with van der Waals surface area (Å²) in [4.78, 5) is 4.25. The number of hydrogen-bond donors (Lipinski definition) is 2. The lowest BCUT2D eigenvalue weighted by Gasteiger charge is -2.12. The quantitative estimate of drug-likeness (QED) is 0.681. The minimum Gasteiger partial charge on any atom is -0.494 e. The highest BCUT2D eigenvalue weighted by molar-refractivity contribution is 7.92. The van der Waals surface area contributed by atoms with Crippen molar-refractivity contribution in [2.24, 2.45) is 7.05 Å². The van der Waals surface area contributed by atoms with Gasteiger partial charge in [0.2, 0.25) is 0 Å². The molecule has 0 bridgehead atoms. The number of aliphatic hydroxyl groups is 1. The Bertz CT molecular complexity index is 1060. The summed E-state index contributed by atoms with van der Waals surface area (Å²) in [6, 6.07) is 6.31. The van der Waals surface area contributed by atoms with Crippen LogP contribution in [0.4, 0.5) is 5.69 Å². The van der Waals surface area contributed by atoms with Crippen LogP contribution < -0.4 is 9.46 Å². The summed E-state index contributed by atoms with van der Waals surface area (Å²) in [5, 5.41) is 14.4. The van der Waals surface area contributed by atoms with Crippen molar-refractivity contribution in [3.63, 3.8) is 0 Å². The van der Waals surface area contributed by atoms with Gasteiger partial charge in [0, 0.05) is 29.9 Å². The number of ether oxygens (including phenoxy) is 1. The monoisotopic (exact) mass is 376 g/mol. The Morgan fingerprint density at radius 3 is 2.77 bits per heavy atom. The summed E-state index contributed by atoms with van der Waals surface area (Å²) in [7, 11) is -2.08. The molecule has 8 nitrogen and oxygen atoms in total. The number of rotatable bonds is 6. The summed E-state index contributed by atoms with van der Waals surface area (Å²) in [6.45, 7) is 3.83. The average molecular weight is 376 g/mol. The summed E-state index contributed by atoms with van der Waals surface area (Å²) in [5.74, 6) is 0.520. The van der Waals surface area contributed by atoms with Crippen molar-refractivity contribution >= 4 is 26.7 Å². The summed E-state index contributed by atoms with van der Waals surface area (Å²) < 4.78 is 34.9. The second-order valence-electron chi connectivity index (χ2n) is 5.77. The highest BCUT2D eigenvalue weighted by Crippen LogP contribution is 2.26. The van der Waals surface area contributed by atoms with E-state index in [1.165, 1.54) is 6.20 Å². The Hall–Kier alpha value is -2.65. The van der Waals surface area contributed by atoms with Crippen LogP contribution in [0.5, 0.6) is 5.75 Å². The minimum absolute atomic E-state index is 0.0422. The lowest BCUT2D eigenvalue weighted by molar-refractivity contribution is 0.267. The third kappa shape index (κ3) is 3.35. The number of sulfonamides is 1. The fourth-order valence-electron chi connectivity index (χ4n) is 2.71. The largest absolute Gasteiger partial charge is 0.494 e. The third-order valence-corrected chi connectivity index (χ3v) is 5.28. The maximum atomic E-state index is 12.7. The van der Waals surface area contributed by atoms with Gasteiger partial charge in [-0.2, -0.15) is 5.10 Å². The van der Waals surface area contributed by atoms with Gasteiger partial charge in [-0.3, -0.25) is 9.40 Å². The van der Waals surface area contributed by atoms with Gasteiger partial charge in [-0.1, -0.05) is 0 Å². The molecule has 2 aromatic heterocycles. The highest BCUT2D eigenvalue weighted by atomic mass is 32.2. The SMILES string of the molecule is CCOc1ccc(NS(=O)(=O)c2cnc3c(c2)c(C)nn3C)cc1CO. The molecule has 0 atom stereocenters. The molecule has 2 heterocycles. The van der Waals surface area contributed by atoms with E-state index in [1.54, 1.807) is 42.9 Å². The van der Waals surface area contributed by atoms with Crippen molar-refractivity contribution in [1.29, 1.82) is 0 Å². The first-order chi connectivity index (χ1) is 12.4. The Morgan fingerprint density at radius 1 is 1.31 bits per heavy atom. The van der Waals surface area contributed by atoms with Gasteiger partial charge >= 0.3 is 0 Å². The van der Waals surface area contributed by atoms with Crippen LogP contribution in [0.1, 0.15) is 18.2 Å². The Morgan fingerprint density at radius 2 is 2.08 bits per heavy atom. The Balaban J connectivity index is 1.95. The lowest BCUT2D eigenvalue weighted by Crippen LogP contribution is -2.13. The molecule has 1 aromatic carbocycles. The van der Waals surface area contributed by atoms with E-state index in [4.69, 9.17) is 4.74 Å². The number of pyridine rings is 1. The molecule has 3 aromatic rings. The number of hydrogen-bond acceptors (Lipinski definition) is 6. The molecule has 0 aliphatic heterocycles. The molecule has 2 N–H and O–H groups in total. The molecule has 0 radical (unpaired) electrons. The second kappa shape index (κ2) is 6.93. The molecular formula is C17H20N4O4S. The zero-order valence-electron chi connectivity index (χ0n) is 14.7. The van der Waals surface area contributed by atoms with E-state index >= 15 is 0 Å². The topological polar surface area (TPSA) is 106 Å².